The lowest BCUT2D eigenvalue weighted by molar-refractivity contribution is -0.403. The SMILES string of the molecule is CCNC(=C[N+](=O)[O-])CC. The molecule has 0 fully saturated rings. The van der Waals surface area contributed by atoms with Crippen molar-refractivity contribution in [2.75, 3.05) is 6.54 Å². The lowest BCUT2D eigenvalue weighted by Crippen LogP contribution is -2.12. The summed E-state index contributed by atoms with van der Waals surface area (Å²) < 4.78 is 0. The van der Waals surface area contributed by atoms with E-state index in [9.17, 15) is 10.1 Å². The van der Waals surface area contributed by atoms with E-state index in [-0.39, 0.29) is 0 Å². The predicted octanol–water partition coefficient (Wildman–Crippen LogP) is 1.12. The highest BCUT2D eigenvalue weighted by Gasteiger charge is 1.95. The minimum atomic E-state index is -0.443. The van der Waals surface area contributed by atoms with Gasteiger partial charge in [0.05, 0.1) is 10.6 Å². The van der Waals surface area contributed by atoms with Crippen molar-refractivity contribution in [2.45, 2.75) is 20.3 Å². The molecule has 0 atom stereocenters. The molecular formula is C6H12N2O2. The van der Waals surface area contributed by atoms with Crippen LogP contribution < -0.4 is 5.32 Å². The van der Waals surface area contributed by atoms with E-state index in [2.05, 4.69) is 5.32 Å². The average Bonchev–Trinajstić information content (AvgIpc) is 1.86. The largest absolute Gasteiger partial charge is 0.384 e. The Kier molecular flexibility index (Phi) is 4.28. The van der Waals surface area contributed by atoms with Gasteiger partial charge in [0.15, 0.2) is 0 Å². The van der Waals surface area contributed by atoms with Gasteiger partial charge in [-0.2, -0.15) is 0 Å². The van der Waals surface area contributed by atoms with Crippen LogP contribution in [0.3, 0.4) is 0 Å². The molecule has 0 saturated carbocycles. The molecule has 0 heterocycles. The monoisotopic (exact) mass is 144 g/mol. The summed E-state index contributed by atoms with van der Waals surface area (Å²) in [4.78, 5) is 9.49. The molecule has 0 saturated heterocycles. The fourth-order valence-electron chi connectivity index (χ4n) is 0.616. The number of nitrogens with one attached hydrogen (secondary N) is 1. The molecule has 4 heteroatoms. The van der Waals surface area contributed by atoms with Crippen LogP contribution in [-0.4, -0.2) is 11.5 Å². The topological polar surface area (TPSA) is 55.2 Å². The summed E-state index contributed by atoms with van der Waals surface area (Å²) in [6.07, 6.45) is 1.68. The maximum Gasteiger partial charge on any atom is 0.253 e. The Morgan fingerprint density at radius 3 is 2.60 bits per heavy atom. The molecule has 0 aliphatic heterocycles. The quantitative estimate of drug-likeness (QED) is 0.475. The van der Waals surface area contributed by atoms with Crippen LogP contribution in [-0.2, 0) is 0 Å². The summed E-state index contributed by atoms with van der Waals surface area (Å²) in [5.41, 5.74) is 0.674. The zero-order valence-corrected chi connectivity index (χ0v) is 6.26. The third kappa shape index (κ3) is 3.88. The predicted molar refractivity (Wildman–Crippen MR) is 39.0 cm³/mol. The van der Waals surface area contributed by atoms with Crippen LogP contribution in [0.5, 0.6) is 0 Å². The van der Waals surface area contributed by atoms with Crippen LogP contribution in [0.2, 0.25) is 0 Å². The summed E-state index contributed by atoms with van der Waals surface area (Å²) in [6.45, 7) is 4.51. The van der Waals surface area contributed by atoms with Crippen LogP contribution in [0.4, 0.5) is 0 Å². The minimum Gasteiger partial charge on any atom is -0.384 e. The Labute approximate surface area is 60.1 Å². The van der Waals surface area contributed by atoms with Crippen LogP contribution >= 0.6 is 0 Å². The summed E-state index contributed by atoms with van der Waals surface area (Å²) in [5.74, 6) is 0. The van der Waals surface area contributed by atoms with Crippen molar-refractivity contribution in [2.24, 2.45) is 0 Å². The first-order valence-corrected chi connectivity index (χ1v) is 3.28. The first kappa shape index (κ1) is 8.94. The first-order chi connectivity index (χ1) is 4.70. The normalized spacial score (nSPS) is 11.2. The number of nitro groups is 1. The molecule has 10 heavy (non-hydrogen) atoms. The molecule has 0 aliphatic carbocycles. The Morgan fingerprint density at radius 2 is 2.30 bits per heavy atom. The first-order valence-electron chi connectivity index (χ1n) is 3.28. The van der Waals surface area contributed by atoms with E-state index in [4.69, 9.17) is 0 Å². The molecule has 0 aliphatic rings. The van der Waals surface area contributed by atoms with E-state index in [1.54, 1.807) is 0 Å². The van der Waals surface area contributed by atoms with E-state index >= 15 is 0 Å². The van der Waals surface area contributed by atoms with Crippen molar-refractivity contribution >= 4 is 0 Å². The summed E-state index contributed by atoms with van der Waals surface area (Å²) in [5, 5.41) is 12.8. The number of allylic oxidation sites excluding steroid dienone is 1. The van der Waals surface area contributed by atoms with Gasteiger partial charge < -0.3 is 5.32 Å². The zero-order chi connectivity index (χ0) is 7.98. The van der Waals surface area contributed by atoms with Crippen LogP contribution in [0, 0.1) is 10.1 Å². The Morgan fingerprint density at radius 1 is 1.70 bits per heavy atom. The summed E-state index contributed by atoms with van der Waals surface area (Å²) >= 11 is 0. The van der Waals surface area contributed by atoms with Gasteiger partial charge in [0.25, 0.3) is 6.20 Å². The molecule has 0 aromatic rings. The van der Waals surface area contributed by atoms with Gasteiger partial charge in [0, 0.05) is 6.54 Å². The van der Waals surface area contributed by atoms with E-state index in [0.29, 0.717) is 12.1 Å². The van der Waals surface area contributed by atoms with Crippen molar-refractivity contribution in [1.29, 1.82) is 0 Å². The van der Waals surface area contributed by atoms with Crippen molar-refractivity contribution < 1.29 is 4.92 Å². The second-order valence-corrected chi connectivity index (χ2v) is 1.82. The van der Waals surface area contributed by atoms with Gasteiger partial charge in [-0.05, 0) is 13.3 Å². The number of nitrogens with zero attached hydrogens (tertiary/aromatic N) is 1. The van der Waals surface area contributed by atoms with E-state index in [1.807, 2.05) is 13.8 Å². The van der Waals surface area contributed by atoms with E-state index in [0.717, 1.165) is 12.7 Å². The molecule has 58 valence electrons. The molecule has 0 spiro atoms. The standard InChI is InChI=1S/C6H12N2O2/c1-3-6(7-4-2)5-8(9)10/h5,7H,3-4H2,1-2H3. The molecule has 0 bridgehead atoms. The number of hydrogen-bond acceptors (Lipinski definition) is 3. The average molecular weight is 144 g/mol. The third-order valence-electron chi connectivity index (χ3n) is 1.05. The summed E-state index contributed by atoms with van der Waals surface area (Å²) in [7, 11) is 0. The van der Waals surface area contributed by atoms with Crippen LogP contribution in [0.25, 0.3) is 0 Å². The summed E-state index contributed by atoms with van der Waals surface area (Å²) in [6, 6.07) is 0. The Balaban J connectivity index is 3.91. The van der Waals surface area contributed by atoms with Gasteiger partial charge in [0.1, 0.15) is 0 Å². The highest BCUT2D eigenvalue weighted by Crippen LogP contribution is 1.93. The lowest BCUT2D eigenvalue weighted by atomic mass is 10.3. The van der Waals surface area contributed by atoms with E-state index < -0.39 is 4.92 Å². The molecule has 0 unspecified atom stereocenters. The van der Waals surface area contributed by atoms with Crippen molar-refractivity contribution in [1.82, 2.24) is 5.32 Å². The molecule has 0 radical (unpaired) electrons. The molecular weight excluding hydrogens is 132 g/mol. The highest BCUT2D eigenvalue weighted by atomic mass is 16.6. The minimum absolute atomic E-state index is 0.443. The maximum absolute atomic E-state index is 9.93. The van der Waals surface area contributed by atoms with Gasteiger partial charge in [-0.15, -0.1) is 0 Å². The van der Waals surface area contributed by atoms with Crippen molar-refractivity contribution in [3.8, 4) is 0 Å². The molecule has 4 nitrogen and oxygen atoms in total. The van der Waals surface area contributed by atoms with Gasteiger partial charge in [-0.3, -0.25) is 10.1 Å². The highest BCUT2D eigenvalue weighted by molar-refractivity contribution is 4.92. The molecule has 1 N–H and O–H groups in total. The van der Waals surface area contributed by atoms with Crippen molar-refractivity contribution in [3.63, 3.8) is 0 Å². The second kappa shape index (κ2) is 4.78. The van der Waals surface area contributed by atoms with E-state index in [1.165, 1.54) is 0 Å². The lowest BCUT2D eigenvalue weighted by Gasteiger charge is -2.00. The Hall–Kier alpha value is -1.06. The smallest absolute Gasteiger partial charge is 0.253 e. The van der Waals surface area contributed by atoms with Gasteiger partial charge in [0.2, 0.25) is 0 Å². The van der Waals surface area contributed by atoms with Gasteiger partial charge >= 0.3 is 0 Å². The molecule has 0 aromatic carbocycles. The fourth-order valence-corrected chi connectivity index (χ4v) is 0.616. The third-order valence-corrected chi connectivity index (χ3v) is 1.05. The molecule has 0 aromatic heterocycles. The molecule has 0 amide bonds. The fraction of sp³-hybridized carbons (Fsp3) is 0.667. The number of rotatable bonds is 4. The van der Waals surface area contributed by atoms with Gasteiger partial charge in [-0.1, -0.05) is 6.92 Å². The zero-order valence-electron chi connectivity index (χ0n) is 6.26. The number of hydrogen-bond donors (Lipinski definition) is 1. The molecule has 0 rings (SSSR count). The van der Waals surface area contributed by atoms with Crippen LogP contribution in [0.15, 0.2) is 11.9 Å². The Bertz CT molecular complexity index is 143. The van der Waals surface area contributed by atoms with Gasteiger partial charge in [-0.25, -0.2) is 0 Å². The van der Waals surface area contributed by atoms with Crippen molar-refractivity contribution in [3.05, 3.63) is 22.0 Å². The van der Waals surface area contributed by atoms with Crippen LogP contribution in [0.1, 0.15) is 20.3 Å². The second-order valence-electron chi connectivity index (χ2n) is 1.82. The maximum atomic E-state index is 9.93.